The first kappa shape index (κ1) is 15.6. The van der Waals surface area contributed by atoms with E-state index in [9.17, 15) is 0 Å². The van der Waals surface area contributed by atoms with E-state index in [1.165, 1.54) is 62.2 Å². The summed E-state index contributed by atoms with van der Waals surface area (Å²) >= 11 is 4.55. The molecule has 0 N–H and O–H groups in total. The van der Waals surface area contributed by atoms with Crippen molar-refractivity contribution in [1.82, 2.24) is 0 Å². The lowest BCUT2D eigenvalue weighted by atomic mass is 9.56. The summed E-state index contributed by atoms with van der Waals surface area (Å²) in [5.41, 5.74) is 0. The van der Waals surface area contributed by atoms with E-state index in [1.807, 2.05) is 5.92 Å². The first-order valence-corrected chi connectivity index (χ1v) is 11.0. The molecule has 0 aromatic heterocycles. The van der Waals surface area contributed by atoms with Crippen LogP contribution in [0.2, 0.25) is 0 Å². The summed E-state index contributed by atoms with van der Waals surface area (Å²) in [7, 11) is 0. The Hall–Kier alpha value is 0.700. The minimum atomic E-state index is 0.717. The Balaban J connectivity index is 1.31. The van der Waals surface area contributed by atoms with E-state index in [1.54, 1.807) is 19.3 Å². The van der Waals surface area contributed by atoms with Gasteiger partial charge in [-0.15, -0.1) is 0 Å². The Morgan fingerprint density at radius 3 is 2.40 bits per heavy atom. The van der Waals surface area contributed by atoms with E-state index in [4.69, 9.17) is 0 Å². The van der Waals surface area contributed by atoms with Crippen molar-refractivity contribution in [3.8, 4) is 0 Å². The molecule has 0 heterocycles. The van der Waals surface area contributed by atoms with Crippen LogP contribution in [0.15, 0.2) is 0 Å². The fourth-order valence-electron chi connectivity index (χ4n) is 4.84. The Bertz CT molecular complexity index is 265. The molecular weight excluding hydrogens is 280 g/mol. The fraction of sp³-hybridized carbons (Fsp3) is 0.944. The van der Waals surface area contributed by atoms with Crippen LogP contribution in [-0.4, -0.2) is 22.0 Å². The number of thioether (sulfide) groups is 2. The Morgan fingerprint density at radius 2 is 1.70 bits per heavy atom. The second-order valence-electron chi connectivity index (χ2n) is 7.42. The molecule has 20 heavy (non-hydrogen) atoms. The highest BCUT2D eigenvalue weighted by Gasteiger charge is 2.51. The van der Waals surface area contributed by atoms with Crippen molar-refractivity contribution in [2.24, 2.45) is 11.8 Å². The topological polar surface area (TPSA) is 0 Å². The van der Waals surface area contributed by atoms with Crippen LogP contribution in [0.25, 0.3) is 0 Å². The van der Waals surface area contributed by atoms with Crippen LogP contribution >= 0.6 is 23.5 Å². The molecule has 0 aromatic carbocycles. The maximum atomic E-state index is 2.37. The molecule has 4 rings (SSSR count). The van der Waals surface area contributed by atoms with Crippen LogP contribution in [-0.2, 0) is 0 Å². The van der Waals surface area contributed by atoms with Gasteiger partial charge in [0, 0.05) is 4.75 Å². The molecule has 0 amide bonds. The van der Waals surface area contributed by atoms with Gasteiger partial charge in [0.15, 0.2) is 0 Å². The van der Waals surface area contributed by atoms with E-state index < -0.39 is 0 Å². The summed E-state index contributed by atoms with van der Waals surface area (Å²) in [4.78, 5) is 0. The van der Waals surface area contributed by atoms with Crippen LogP contribution in [0.4, 0.5) is 0 Å². The lowest BCUT2D eigenvalue weighted by molar-refractivity contribution is 0.113. The van der Waals surface area contributed by atoms with Crippen LogP contribution < -0.4 is 0 Å². The standard InChI is InChI=1S/C18H31S2/c1-2-3-6-19-7-4-5-8-20-18-12-15-9-16(13-18)11-17(10-15)14-18/h15-16H,2-14H2,1H3. The molecule has 1 radical (unpaired) electrons. The van der Waals surface area contributed by atoms with Crippen LogP contribution in [0.3, 0.4) is 0 Å². The third-order valence-electron chi connectivity index (χ3n) is 5.45. The Labute approximate surface area is 134 Å². The van der Waals surface area contributed by atoms with Gasteiger partial charge in [-0.05, 0) is 92.8 Å². The average Bonchev–Trinajstić information content (AvgIpc) is 2.40. The van der Waals surface area contributed by atoms with Crippen molar-refractivity contribution in [3.05, 3.63) is 5.92 Å². The second-order valence-corrected chi connectivity index (χ2v) is 10.2. The summed E-state index contributed by atoms with van der Waals surface area (Å²) in [6, 6.07) is 0. The van der Waals surface area contributed by atoms with E-state index in [-0.39, 0.29) is 0 Å². The summed E-state index contributed by atoms with van der Waals surface area (Å²) in [5.74, 6) is 8.34. The first-order chi connectivity index (χ1) is 9.80. The third-order valence-corrected chi connectivity index (χ3v) is 8.19. The molecule has 0 saturated heterocycles. The van der Waals surface area contributed by atoms with Gasteiger partial charge in [-0.3, -0.25) is 0 Å². The molecule has 4 fully saturated rings. The molecule has 4 bridgehead atoms. The SMILES string of the molecule is CCCCSCCCCSC12C[C]3CC(CC(C3)C1)C2. The highest BCUT2D eigenvalue weighted by atomic mass is 32.2. The fourth-order valence-corrected chi connectivity index (χ4v) is 7.74. The summed E-state index contributed by atoms with van der Waals surface area (Å²) in [5, 5.41) is 0. The van der Waals surface area contributed by atoms with Crippen LogP contribution in [0, 0.1) is 17.8 Å². The van der Waals surface area contributed by atoms with Crippen molar-refractivity contribution >= 4 is 23.5 Å². The van der Waals surface area contributed by atoms with Gasteiger partial charge >= 0.3 is 0 Å². The molecule has 2 unspecified atom stereocenters. The predicted octanol–water partition coefficient (Wildman–Crippen LogP) is 5.96. The molecule has 0 aromatic rings. The first-order valence-electron chi connectivity index (χ1n) is 8.85. The van der Waals surface area contributed by atoms with Gasteiger partial charge in [0.05, 0.1) is 0 Å². The highest BCUT2D eigenvalue weighted by molar-refractivity contribution is 8.00. The van der Waals surface area contributed by atoms with Crippen molar-refractivity contribution in [2.45, 2.75) is 75.9 Å². The Kier molecular flexibility index (Phi) is 5.70. The molecule has 2 atom stereocenters. The maximum Gasteiger partial charge on any atom is 0.0170 e. The van der Waals surface area contributed by atoms with Gasteiger partial charge in [-0.2, -0.15) is 23.5 Å². The number of rotatable bonds is 9. The van der Waals surface area contributed by atoms with Crippen molar-refractivity contribution in [3.63, 3.8) is 0 Å². The third kappa shape index (κ3) is 3.91. The molecular formula is C18H31S2. The number of unbranched alkanes of at least 4 members (excludes halogenated alkanes) is 2. The van der Waals surface area contributed by atoms with Gasteiger partial charge in [0.2, 0.25) is 0 Å². The van der Waals surface area contributed by atoms with E-state index in [2.05, 4.69) is 30.4 Å². The average molecular weight is 312 g/mol. The van der Waals surface area contributed by atoms with E-state index in [0.29, 0.717) is 0 Å². The van der Waals surface area contributed by atoms with Gasteiger partial charge in [-0.1, -0.05) is 13.3 Å². The molecule has 2 heteroatoms. The lowest BCUT2D eigenvalue weighted by Crippen LogP contribution is -2.47. The molecule has 4 saturated carbocycles. The maximum absolute atomic E-state index is 2.37. The summed E-state index contributed by atoms with van der Waals surface area (Å²) < 4.78 is 0.717. The van der Waals surface area contributed by atoms with Gasteiger partial charge in [-0.25, -0.2) is 0 Å². The molecule has 0 spiro atoms. The van der Waals surface area contributed by atoms with Gasteiger partial charge in [0.1, 0.15) is 0 Å². The molecule has 0 nitrogen and oxygen atoms in total. The van der Waals surface area contributed by atoms with Crippen molar-refractivity contribution in [1.29, 1.82) is 0 Å². The second kappa shape index (κ2) is 7.31. The zero-order valence-corrected chi connectivity index (χ0v) is 14.8. The largest absolute Gasteiger partial charge is 0.162 e. The van der Waals surface area contributed by atoms with E-state index >= 15 is 0 Å². The molecule has 4 aliphatic rings. The smallest absolute Gasteiger partial charge is 0.0170 e. The minimum absolute atomic E-state index is 0.717. The van der Waals surface area contributed by atoms with Crippen molar-refractivity contribution in [2.75, 3.05) is 17.3 Å². The monoisotopic (exact) mass is 311 g/mol. The zero-order valence-electron chi connectivity index (χ0n) is 13.2. The lowest BCUT2D eigenvalue weighted by Gasteiger charge is -2.56. The zero-order chi connectivity index (χ0) is 13.8. The van der Waals surface area contributed by atoms with Crippen LogP contribution in [0.5, 0.6) is 0 Å². The predicted molar refractivity (Wildman–Crippen MR) is 94.6 cm³/mol. The molecule has 4 aliphatic carbocycles. The molecule has 115 valence electrons. The number of hydrogen-bond acceptors (Lipinski definition) is 2. The summed E-state index contributed by atoms with van der Waals surface area (Å²) in [6.07, 6.45) is 14.9. The van der Waals surface area contributed by atoms with Gasteiger partial charge < -0.3 is 0 Å². The van der Waals surface area contributed by atoms with Gasteiger partial charge in [0.25, 0.3) is 0 Å². The highest BCUT2D eigenvalue weighted by Crippen LogP contribution is 2.61. The van der Waals surface area contributed by atoms with Crippen molar-refractivity contribution < 1.29 is 0 Å². The molecule has 0 aliphatic heterocycles. The minimum Gasteiger partial charge on any atom is -0.162 e. The van der Waals surface area contributed by atoms with E-state index in [0.717, 1.165) is 16.6 Å². The number of hydrogen-bond donors (Lipinski definition) is 0. The summed E-state index contributed by atoms with van der Waals surface area (Å²) in [6.45, 7) is 2.29. The normalized spacial score (nSPS) is 35.9. The Morgan fingerprint density at radius 1 is 1.00 bits per heavy atom. The quantitative estimate of drug-likeness (QED) is 0.482. The van der Waals surface area contributed by atoms with Crippen LogP contribution in [0.1, 0.15) is 71.1 Å².